The number of carbonyl (C=O) groups is 1. The Morgan fingerprint density at radius 2 is 2.12 bits per heavy atom. The van der Waals surface area contributed by atoms with E-state index in [9.17, 15) is 4.79 Å². The molecule has 0 fully saturated rings. The molecule has 6 heteroatoms. The van der Waals surface area contributed by atoms with Crippen molar-refractivity contribution in [3.63, 3.8) is 0 Å². The first-order valence-electron chi connectivity index (χ1n) is 7.75. The third kappa shape index (κ3) is 2.38. The fourth-order valence-electron chi connectivity index (χ4n) is 2.88. The maximum Gasteiger partial charge on any atom is 0.292 e. The Bertz CT molecular complexity index is 995. The number of nitrogens with zero attached hydrogens (tertiary/aromatic N) is 2. The minimum absolute atomic E-state index is 0.252. The van der Waals surface area contributed by atoms with Crippen LogP contribution in [0.5, 0.6) is 0 Å². The summed E-state index contributed by atoms with van der Waals surface area (Å²) in [5.41, 5.74) is 3.05. The van der Waals surface area contributed by atoms with Crippen molar-refractivity contribution < 1.29 is 9.21 Å². The number of amides is 1. The van der Waals surface area contributed by atoms with Crippen LogP contribution in [0.1, 0.15) is 17.5 Å². The lowest BCUT2D eigenvalue weighted by Gasteiger charge is -2.05. The van der Waals surface area contributed by atoms with Crippen LogP contribution < -0.4 is 5.32 Å². The molecule has 1 amide bonds. The Morgan fingerprint density at radius 1 is 1.25 bits per heavy atom. The Kier molecular flexibility index (Phi) is 3.42. The first kappa shape index (κ1) is 14.3. The molecule has 4 rings (SSSR count). The van der Waals surface area contributed by atoms with Crippen LogP contribution in [0.4, 0.5) is 5.82 Å². The zero-order valence-electron chi connectivity index (χ0n) is 13.1. The minimum atomic E-state index is -0.325. The molecule has 0 saturated heterocycles. The number of nitrogens with one attached hydrogen (secondary N) is 2. The fraction of sp³-hybridized carbons (Fsp3) is 0.111. The quantitative estimate of drug-likeness (QED) is 0.599. The number of benzene rings is 1. The van der Waals surface area contributed by atoms with Gasteiger partial charge in [-0.2, -0.15) is 5.10 Å². The molecule has 0 radical (unpaired) electrons. The van der Waals surface area contributed by atoms with Crippen molar-refractivity contribution in [1.82, 2.24) is 14.8 Å². The lowest BCUT2D eigenvalue weighted by molar-refractivity contribution is 0.0996. The average Bonchev–Trinajstić information content (AvgIpc) is 3.33. The summed E-state index contributed by atoms with van der Waals surface area (Å²) in [6.07, 6.45) is 1.46. The number of rotatable bonds is 4. The van der Waals surface area contributed by atoms with Crippen LogP contribution in [-0.4, -0.2) is 20.7 Å². The normalized spacial score (nSPS) is 11.0. The molecule has 3 aromatic heterocycles. The van der Waals surface area contributed by atoms with Crippen LogP contribution in [0.2, 0.25) is 0 Å². The number of fused-ring (bicyclic) bond motifs is 1. The summed E-state index contributed by atoms with van der Waals surface area (Å²) in [4.78, 5) is 12.0. The molecule has 1 aromatic carbocycles. The highest BCUT2D eigenvalue weighted by Gasteiger charge is 2.14. The predicted molar refractivity (Wildman–Crippen MR) is 91.9 cm³/mol. The second kappa shape index (κ2) is 5.73. The molecule has 6 nitrogen and oxygen atoms in total. The Hall–Kier alpha value is -3.28. The largest absolute Gasteiger partial charge is 0.459 e. The summed E-state index contributed by atoms with van der Waals surface area (Å²) in [6, 6.07) is 15.4. The summed E-state index contributed by atoms with van der Waals surface area (Å²) in [7, 11) is 0. The average molecular weight is 320 g/mol. The summed E-state index contributed by atoms with van der Waals surface area (Å²) in [5, 5.41) is 11.1. The first-order chi connectivity index (χ1) is 11.8. The van der Waals surface area contributed by atoms with Crippen molar-refractivity contribution in [3.8, 4) is 11.4 Å². The molecule has 0 unspecified atom stereocenters. The molecule has 0 atom stereocenters. The summed E-state index contributed by atoms with van der Waals surface area (Å²) >= 11 is 0. The van der Waals surface area contributed by atoms with E-state index in [0.29, 0.717) is 5.82 Å². The number of aromatic amines is 1. The van der Waals surface area contributed by atoms with E-state index in [1.807, 2.05) is 18.2 Å². The van der Waals surface area contributed by atoms with Gasteiger partial charge in [-0.15, -0.1) is 0 Å². The van der Waals surface area contributed by atoms with Gasteiger partial charge in [0.25, 0.3) is 5.91 Å². The molecular weight excluding hydrogens is 304 g/mol. The number of carbonyl (C=O) groups excluding carboxylic acids is 1. The molecule has 0 aliphatic carbocycles. The number of aromatic nitrogens is 3. The van der Waals surface area contributed by atoms with Crippen molar-refractivity contribution in [2.24, 2.45) is 0 Å². The molecule has 0 spiro atoms. The van der Waals surface area contributed by atoms with Gasteiger partial charge < -0.3 is 14.3 Å². The van der Waals surface area contributed by atoms with Crippen LogP contribution in [-0.2, 0) is 6.54 Å². The number of anilines is 1. The van der Waals surface area contributed by atoms with Gasteiger partial charge in [0.15, 0.2) is 11.6 Å². The number of H-pyrrole nitrogens is 1. The van der Waals surface area contributed by atoms with Gasteiger partial charge in [0.05, 0.1) is 17.7 Å². The van der Waals surface area contributed by atoms with Gasteiger partial charge >= 0.3 is 0 Å². The molecule has 0 saturated carbocycles. The van der Waals surface area contributed by atoms with E-state index in [1.165, 1.54) is 17.2 Å². The fourth-order valence-corrected chi connectivity index (χ4v) is 2.88. The lowest BCUT2D eigenvalue weighted by atomic mass is 10.2. The van der Waals surface area contributed by atoms with Gasteiger partial charge in [-0.1, -0.05) is 18.2 Å². The lowest BCUT2D eigenvalue weighted by Crippen LogP contribution is -2.10. The monoisotopic (exact) mass is 320 g/mol. The highest BCUT2D eigenvalue weighted by Crippen LogP contribution is 2.28. The maximum atomic E-state index is 12.0. The standard InChI is InChI=1S/C18H16N4O2/c1-2-22-14-7-4-3-6-12(14)10-15(22)13-11-17(21-20-13)19-18(23)16-8-5-9-24-16/h3-11H,2H2,1H3,(H2,19,20,21,23). The maximum absolute atomic E-state index is 12.0. The van der Waals surface area contributed by atoms with E-state index in [0.717, 1.165) is 17.9 Å². The van der Waals surface area contributed by atoms with E-state index in [-0.39, 0.29) is 11.7 Å². The Labute approximate surface area is 138 Å². The minimum Gasteiger partial charge on any atom is -0.459 e. The third-order valence-electron chi connectivity index (χ3n) is 3.97. The second-order valence-corrected chi connectivity index (χ2v) is 5.43. The van der Waals surface area contributed by atoms with Gasteiger partial charge in [0.2, 0.25) is 0 Å². The van der Waals surface area contributed by atoms with Crippen molar-refractivity contribution in [3.05, 3.63) is 60.6 Å². The van der Waals surface area contributed by atoms with Crippen LogP contribution in [0, 0.1) is 0 Å². The highest BCUT2D eigenvalue weighted by molar-refractivity contribution is 6.01. The molecule has 24 heavy (non-hydrogen) atoms. The van der Waals surface area contributed by atoms with Crippen LogP contribution in [0.15, 0.2) is 59.2 Å². The van der Waals surface area contributed by atoms with E-state index in [2.05, 4.69) is 45.2 Å². The molecule has 0 aliphatic rings. The zero-order chi connectivity index (χ0) is 16.5. The molecule has 120 valence electrons. The topological polar surface area (TPSA) is 75.8 Å². The summed E-state index contributed by atoms with van der Waals surface area (Å²) in [6.45, 7) is 2.95. The van der Waals surface area contributed by atoms with E-state index < -0.39 is 0 Å². The van der Waals surface area contributed by atoms with E-state index in [4.69, 9.17) is 4.42 Å². The third-order valence-corrected chi connectivity index (χ3v) is 3.97. The number of para-hydroxylation sites is 1. The first-order valence-corrected chi connectivity index (χ1v) is 7.75. The van der Waals surface area contributed by atoms with Gasteiger partial charge in [-0.3, -0.25) is 9.89 Å². The summed E-state index contributed by atoms with van der Waals surface area (Å²) < 4.78 is 7.29. The summed E-state index contributed by atoms with van der Waals surface area (Å²) in [5.74, 6) is 0.385. The molecule has 0 bridgehead atoms. The number of hydrogen-bond donors (Lipinski definition) is 2. The van der Waals surface area contributed by atoms with E-state index >= 15 is 0 Å². The van der Waals surface area contributed by atoms with Gasteiger partial charge in [0.1, 0.15) is 0 Å². The van der Waals surface area contributed by atoms with Gasteiger partial charge in [-0.25, -0.2) is 0 Å². The Balaban J connectivity index is 1.66. The number of hydrogen-bond acceptors (Lipinski definition) is 3. The van der Waals surface area contributed by atoms with Gasteiger partial charge in [0, 0.05) is 23.5 Å². The number of aryl methyl sites for hydroxylation is 1. The van der Waals surface area contributed by atoms with Crippen molar-refractivity contribution >= 4 is 22.6 Å². The van der Waals surface area contributed by atoms with Crippen LogP contribution >= 0.6 is 0 Å². The molecule has 4 aromatic rings. The molecule has 2 N–H and O–H groups in total. The van der Waals surface area contributed by atoms with E-state index in [1.54, 1.807) is 12.1 Å². The predicted octanol–water partition coefficient (Wildman–Crippen LogP) is 3.90. The van der Waals surface area contributed by atoms with Crippen LogP contribution in [0.3, 0.4) is 0 Å². The smallest absolute Gasteiger partial charge is 0.292 e. The highest BCUT2D eigenvalue weighted by atomic mass is 16.3. The molecule has 3 heterocycles. The zero-order valence-corrected chi connectivity index (χ0v) is 13.1. The second-order valence-electron chi connectivity index (χ2n) is 5.43. The van der Waals surface area contributed by atoms with Gasteiger partial charge in [-0.05, 0) is 31.2 Å². The molecular formula is C18H16N4O2. The molecule has 0 aliphatic heterocycles. The Morgan fingerprint density at radius 3 is 2.92 bits per heavy atom. The van der Waals surface area contributed by atoms with Crippen molar-refractivity contribution in [1.29, 1.82) is 0 Å². The number of furan rings is 1. The van der Waals surface area contributed by atoms with Crippen LogP contribution in [0.25, 0.3) is 22.3 Å². The van der Waals surface area contributed by atoms with Crippen molar-refractivity contribution in [2.75, 3.05) is 5.32 Å². The van der Waals surface area contributed by atoms with Crippen molar-refractivity contribution in [2.45, 2.75) is 13.5 Å². The SMILES string of the molecule is CCn1c(-c2cc(NC(=O)c3ccco3)n[nH]2)cc2ccccc21.